The van der Waals surface area contributed by atoms with Crippen molar-refractivity contribution < 1.29 is 9.57 Å². The first kappa shape index (κ1) is 7.98. The summed E-state index contributed by atoms with van der Waals surface area (Å²) >= 11 is 0. The summed E-state index contributed by atoms with van der Waals surface area (Å²) in [7, 11) is 3.49. The van der Waals surface area contributed by atoms with Crippen LogP contribution in [0.4, 0.5) is 0 Å². The van der Waals surface area contributed by atoms with Gasteiger partial charge in [-0.25, -0.2) is 0 Å². The Morgan fingerprint density at radius 1 is 1.20 bits per heavy atom. The van der Waals surface area contributed by atoms with Crippen molar-refractivity contribution in [3.8, 4) is 0 Å². The molecule has 0 bridgehead atoms. The van der Waals surface area contributed by atoms with E-state index in [1.165, 1.54) is 0 Å². The second-order valence-corrected chi connectivity index (χ2v) is 2.55. The van der Waals surface area contributed by atoms with Gasteiger partial charge in [0.05, 0.1) is 13.2 Å². The maximum atomic E-state index is 5.20. The van der Waals surface area contributed by atoms with Crippen molar-refractivity contribution >= 4 is 0 Å². The largest absolute Gasteiger partial charge is 0.381 e. The van der Waals surface area contributed by atoms with Crippen molar-refractivity contribution in [3.05, 3.63) is 0 Å². The predicted octanol–water partition coefficient (Wildman–Crippen LogP) is 0.659. The highest BCUT2D eigenvalue weighted by Crippen LogP contribution is 2.11. The molecule has 1 heterocycles. The molecule has 0 aliphatic carbocycles. The lowest BCUT2D eigenvalue weighted by Gasteiger charge is -2.28. The molecule has 0 aromatic heterocycles. The third-order valence-corrected chi connectivity index (χ3v) is 1.99. The highest BCUT2D eigenvalue weighted by Gasteiger charge is 2.17. The number of nitrogens with zero attached hydrogens (tertiary/aromatic N) is 1. The van der Waals surface area contributed by atoms with Gasteiger partial charge < -0.3 is 9.57 Å². The van der Waals surface area contributed by atoms with Crippen LogP contribution in [0.15, 0.2) is 0 Å². The molecule has 1 saturated heterocycles. The van der Waals surface area contributed by atoms with Crippen LogP contribution in [0.1, 0.15) is 12.8 Å². The fourth-order valence-corrected chi connectivity index (χ4v) is 1.25. The van der Waals surface area contributed by atoms with Crippen molar-refractivity contribution in [1.82, 2.24) is 5.06 Å². The standard InChI is InChI=1S/C7H15NO2/c1-9-7-3-5-8(10-2)6-4-7/h7H,3-6H2,1-2H3. The van der Waals surface area contributed by atoms with Crippen molar-refractivity contribution in [1.29, 1.82) is 0 Å². The molecule has 1 fully saturated rings. The molecular weight excluding hydrogens is 130 g/mol. The second kappa shape index (κ2) is 3.91. The van der Waals surface area contributed by atoms with E-state index in [0.29, 0.717) is 6.10 Å². The summed E-state index contributed by atoms with van der Waals surface area (Å²) < 4.78 is 5.20. The fraction of sp³-hybridized carbons (Fsp3) is 1.00. The SMILES string of the molecule is COC1CCN(OC)CC1. The van der Waals surface area contributed by atoms with Crippen LogP contribution in [-0.4, -0.2) is 38.5 Å². The van der Waals surface area contributed by atoms with E-state index >= 15 is 0 Å². The van der Waals surface area contributed by atoms with Gasteiger partial charge in [0.2, 0.25) is 0 Å². The maximum absolute atomic E-state index is 5.20. The van der Waals surface area contributed by atoms with E-state index in [1.54, 1.807) is 14.2 Å². The Kier molecular flexibility index (Phi) is 3.12. The number of hydrogen-bond donors (Lipinski definition) is 0. The predicted molar refractivity (Wildman–Crippen MR) is 38.6 cm³/mol. The Morgan fingerprint density at radius 3 is 2.20 bits per heavy atom. The molecule has 3 nitrogen and oxygen atoms in total. The van der Waals surface area contributed by atoms with Crippen molar-refractivity contribution in [3.63, 3.8) is 0 Å². The van der Waals surface area contributed by atoms with Crippen molar-refractivity contribution in [2.45, 2.75) is 18.9 Å². The molecule has 0 atom stereocenters. The zero-order chi connectivity index (χ0) is 7.40. The van der Waals surface area contributed by atoms with Gasteiger partial charge in [-0.15, -0.1) is 0 Å². The number of ether oxygens (including phenoxy) is 1. The molecule has 1 aliphatic heterocycles. The number of piperidine rings is 1. The van der Waals surface area contributed by atoms with E-state index < -0.39 is 0 Å². The van der Waals surface area contributed by atoms with Crippen LogP contribution in [-0.2, 0) is 9.57 Å². The normalized spacial score (nSPS) is 23.4. The minimum atomic E-state index is 0.450. The van der Waals surface area contributed by atoms with E-state index in [4.69, 9.17) is 9.57 Å². The molecule has 0 spiro atoms. The first-order valence-corrected chi connectivity index (χ1v) is 3.68. The Morgan fingerprint density at radius 2 is 1.80 bits per heavy atom. The molecule has 60 valence electrons. The third-order valence-electron chi connectivity index (χ3n) is 1.99. The summed E-state index contributed by atoms with van der Waals surface area (Å²) in [5, 5.41) is 1.97. The molecule has 0 aromatic rings. The Balaban J connectivity index is 2.17. The summed E-state index contributed by atoms with van der Waals surface area (Å²) in [5.41, 5.74) is 0. The molecule has 10 heavy (non-hydrogen) atoms. The summed E-state index contributed by atoms with van der Waals surface area (Å²) in [4.78, 5) is 5.06. The van der Waals surface area contributed by atoms with Crippen LogP contribution in [0.3, 0.4) is 0 Å². The molecule has 0 aromatic carbocycles. The molecule has 0 amide bonds. The minimum absolute atomic E-state index is 0.450. The zero-order valence-corrected chi connectivity index (χ0v) is 6.67. The van der Waals surface area contributed by atoms with Crippen LogP contribution >= 0.6 is 0 Å². The fourth-order valence-electron chi connectivity index (χ4n) is 1.25. The van der Waals surface area contributed by atoms with Crippen LogP contribution in [0.25, 0.3) is 0 Å². The number of methoxy groups -OCH3 is 1. The quantitative estimate of drug-likeness (QED) is 0.569. The lowest BCUT2D eigenvalue weighted by Crippen LogP contribution is -2.35. The first-order chi connectivity index (χ1) is 4.86. The minimum Gasteiger partial charge on any atom is -0.381 e. The van der Waals surface area contributed by atoms with Gasteiger partial charge in [0.25, 0.3) is 0 Å². The highest BCUT2D eigenvalue weighted by molar-refractivity contribution is 4.66. The lowest BCUT2D eigenvalue weighted by atomic mass is 10.1. The molecular formula is C7H15NO2. The molecule has 3 heteroatoms. The summed E-state index contributed by atoms with van der Waals surface area (Å²) in [6, 6.07) is 0. The Bertz CT molecular complexity index is 77.6. The van der Waals surface area contributed by atoms with E-state index in [9.17, 15) is 0 Å². The van der Waals surface area contributed by atoms with Crippen LogP contribution in [0.5, 0.6) is 0 Å². The molecule has 0 radical (unpaired) electrons. The Hall–Kier alpha value is -0.120. The molecule has 0 saturated carbocycles. The second-order valence-electron chi connectivity index (χ2n) is 2.55. The number of rotatable bonds is 2. The van der Waals surface area contributed by atoms with Gasteiger partial charge in [0.15, 0.2) is 0 Å². The highest BCUT2D eigenvalue weighted by atomic mass is 16.7. The van der Waals surface area contributed by atoms with Crippen molar-refractivity contribution in [2.24, 2.45) is 0 Å². The maximum Gasteiger partial charge on any atom is 0.0597 e. The van der Waals surface area contributed by atoms with Gasteiger partial charge >= 0.3 is 0 Å². The van der Waals surface area contributed by atoms with Gasteiger partial charge in [-0.05, 0) is 12.8 Å². The van der Waals surface area contributed by atoms with Crippen LogP contribution < -0.4 is 0 Å². The van der Waals surface area contributed by atoms with Gasteiger partial charge in [0, 0.05) is 20.2 Å². The van der Waals surface area contributed by atoms with Crippen LogP contribution in [0.2, 0.25) is 0 Å². The average Bonchev–Trinajstić information content (AvgIpc) is 2.05. The molecule has 1 rings (SSSR count). The first-order valence-electron chi connectivity index (χ1n) is 3.68. The van der Waals surface area contributed by atoms with E-state index in [0.717, 1.165) is 25.9 Å². The summed E-state index contributed by atoms with van der Waals surface area (Å²) in [6.07, 6.45) is 2.63. The van der Waals surface area contributed by atoms with Gasteiger partial charge in [-0.2, -0.15) is 5.06 Å². The molecule has 0 unspecified atom stereocenters. The lowest BCUT2D eigenvalue weighted by molar-refractivity contribution is -0.157. The van der Waals surface area contributed by atoms with Gasteiger partial charge in [0.1, 0.15) is 0 Å². The topological polar surface area (TPSA) is 21.7 Å². The average molecular weight is 145 g/mol. The molecule has 0 N–H and O–H groups in total. The van der Waals surface area contributed by atoms with E-state index in [2.05, 4.69) is 0 Å². The summed E-state index contributed by atoms with van der Waals surface area (Å²) in [5.74, 6) is 0. The molecule has 1 aliphatic rings. The Labute approximate surface area is 61.9 Å². The van der Waals surface area contributed by atoms with Crippen molar-refractivity contribution in [2.75, 3.05) is 27.3 Å². The van der Waals surface area contributed by atoms with Gasteiger partial charge in [-0.1, -0.05) is 0 Å². The smallest absolute Gasteiger partial charge is 0.0597 e. The third kappa shape index (κ3) is 1.94. The number of hydrogen-bond acceptors (Lipinski definition) is 3. The monoisotopic (exact) mass is 145 g/mol. The summed E-state index contributed by atoms with van der Waals surface area (Å²) in [6.45, 7) is 1.99. The zero-order valence-electron chi connectivity index (χ0n) is 6.67. The van der Waals surface area contributed by atoms with Gasteiger partial charge in [-0.3, -0.25) is 0 Å². The van der Waals surface area contributed by atoms with Crippen LogP contribution in [0, 0.1) is 0 Å². The van der Waals surface area contributed by atoms with E-state index in [-0.39, 0.29) is 0 Å². The van der Waals surface area contributed by atoms with E-state index in [1.807, 2.05) is 5.06 Å². The number of hydroxylamine groups is 2.